The van der Waals surface area contributed by atoms with Gasteiger partial charge < -0.3 is 5.32 Å². The SMILES string of the molecule is CCCc1nc(C)c(C(=O)NCc2ccc(-c3ccnn3C)cc2)s1. The van der Waals surface area contributed by atoms with E-state index in [2.05, 4.69) is 34.5 Å². The molecular formula is C19H22N4OS. The fourth-order valence-electron chi connectivity index (χ4n) is 2.70. The first-order valence-corrected chi connectivity index (χ1v) is 9.22. The van der Waals surface area contributed by atoms with E-state index in [-0.39, 0.29) is 5.91 Å². The van der Waals surface area contributed by atoms with Crippen molar-refractivity contribution in [3.63, 3.8) is 0 Å². The molecule has 5 nitrogen and oxygen atoms in total. The van der Waals surface area contributed by atoms with Gasteiger partial charge in [0, 0.05) is 19.8 Å². The normalized spacial score (nSPS) is 10.8. The second-order valence-corrected chi connectivity index (χ2v) is 7.08. The molecule has 1 N–H and O–H groups in total. The molecule has 3 aromatic rings. The van der Waals surface area contributed by atoms with Gasteiger partial charge in [-0.05, 0) is 37.0 Å². The van der Waals surface area contributed by atoms with Crippen molar-refractivity contribution in [3.05, 3.63) is 57.7 Å². The largest absolute Gasteiger partial charge is 0.347 e. The molecule has 0 radical (unpaired) electrons. The maximum absolute atomic E-state index is 12.4. The van der Waals surface area contributed by atoms with Gasteiger partial charge in [-0.15, -0.1) is 11.3 Å². The van der Waals surface area contributed by atoms with Crippen molar-refractivity contribution >= 4 is 17.2 Å². The predicted molar refractivity (Wildman–Crippen MR) is 101 cm³/mol. The number of hydrogen-bond acceptors (Lipinski definition) is 4. The molecule has 2 heterocycles. The average Bonchev–Trinajstić information content (AvgIpc) is 3.19. The number of carbonyl (C=O) groups excluding carboxylic acids is 1. The monoisotopic (exact) mass is 354 g/mol. The Balaban J connectivity index is 1.63. The highest BCUT2D eigenvalue weighted by molar-refractivity contribution is 7.13. The van der Waals surface area contributed by atoms with Crippen LogP contribution in [-0.2, 0) is 20.0 Å². The maximum atomic E-state index is 12.4. The molecular weight excluding hydrogens is 332 g/mol. The first-order chi connectivity index (χ1) is 12.1. The summed E-state index contributed by atoms with van der Waals surface area (Å²) in [5.74, 6) is -0.0481. The van der Waals surface area contributed by atoms with Gasteiger partial charge in [0.25, 0.3) is 5.91 Å². The molecule has 1 aromatic carbocycles. The number of amides is 1. The predicted octanol–water partition coefficient (Wildman–Crippen LogP) is 3.73. The Labute approximate surface area is 151 Å². The molecule has 0 fully saturated rings. The third-order valence-electron chi connectivity index (χ3n) is 4.03. The highest BCUT2D eigenvalue weighted by atomic mass is 32.1. The van der Waals surface area contributed by atoms with Crippen molar-refractivity contribution in [3.8, 4) is 11.3 Å². The molecule has 0 atom stereocenters. The number of aromatic nitrogens is 3. The average molecular weight is 354 g/mol. The Kier molecular flexibility index (Phi) is 5.28. The lowest BCUT2D eigenvalue weighted by atomic mass is 10.1. The Morgan fingerprint density at radius 2 is 2.00 bits per heavy atom. The molecule has 0 aliphatic heterocycles. The van der Waals surface area contributed by atoms with Crippen LogP contribution in [0.2, 0.25) is 0 Å². The van der Waals surface area contributed by atoms with Gasteiger partial charge in [0.15, 0.2) is 0 Å². The van der Waals surface area contributed by atoms with Crippen molar-refractivity contribution < 1.29 is 4.79 Å². The molecule has 0 saturated carbocycles. The molecule has 0 bridgehead atoms. The van der Waals surface area contributed by atoms with Gasteiger partial charge in [-0.25, -0.2) is 4.98 Å². The third-order valence-corrected chi connectivity index (χ3v) is 5.25. The van der Waals surface area contributed by atoms with E-state index in [1.807, 2.05) is 36.9 Å². The Morgan fingerprint density at radius 1 is 1.24 bits per heavy atom. The summed E-state index contributed by atoms with van der Waals surface area (Å²) in [7, 11) is 1.92. The lowest BCUT2D eigenvalue weighted by Crippen LogP contribution is -2.22. The molecule has 25 heavy (non-hydrogen) atoms. The van der Waals surface area contributed by atoms with Crippen LogP contribution in [-0.4, -0.2) is 20.7 Å². The van der Waals surface area contributed by atoms with Crippen molar-refractivity contribution in [1.29, 1.82) is 0 Å². The van der Waals surface area contributed by atoms with Gasteiger partial charge >= 0.3 is 0 Å². The zero-order valence-corrected chi connectivity index (χ0v) is 15.6. The molecule has 2 aromatic heterocycles. The van der Waals surface area contributed by atoms with E-state index >= 15 is 0 Å². The van der Waals surface area contributed by atoms with Gasteiger partial charge in [0.05, 0.1) is 16.4 Å². The van der Waals surface area contributed by atoms with Gasteiger partial charge in [-0.2, -0.15) is 5.10 Å². The molecule has 6 heteroatoms. The molecule has 0 unspecified atom stereocenters. The summed E-state index contributed by atoms with van der Waals surface area (Å²) in [5, 5.41) is 8.21. The van der Waals surface area contributed by atoms with E-state index in [1.165, 1.54) is 11.3 Å². The smallest absolute Gasteiger partial charge is 0.263 e. The van der Waals surface area contributed by atoms with E-state index in [4.69, 9.17) is 0 Å². The zero-order chi connectivity index (χ0) is 17.8. The van der Waals surface area contributed by atoms with Crippen molar-refractivity contribution in [2.45, 2.75) is 33.2 Å². The van der Waals surface area contributed by atoms with Crippen LogP contribution in [0.4, 0.5) is 0 Å². The van der Waals surface area contributed by atoms with Crippen LogP contribution < -0.4 is 5.32 Å². The summed E-state index contributed by atoms with van der Waals surface area (Å²) in [6.07, 6.45) is 3.75. The van der Waals surface area contributed by atoms with Crippen molar-refractivity contribution in [2.24, 2.45) is 7.05 Å². The molecule has 3 rings (SSSR count). The van der Waals surface area contributed by atoms with Gasteiger partial charge in [-0.3, -0.25) is 9.48 Å². The second-order valence-electron chi connectivity index (χ2n) is 5.99. The van der Waals surface area contributed by atoms with Crippen LogP contribution in [0.15, 0.2) is 36.5 Å². The molecule has 1 amide bonds. The lowest BCUT2D eigenvalue weighted by Gasteiger charge is -2.06. The highest BCUT2D eigenvalue weighted by Crippen LogP contribution is 2.20. The van der Waals surface area contributed by atoms with Crippen LogP contribution in [0.5, 0.6) is 0 Å². The second kappa shape index (κ2) is 7.61. The lowest BCUT2D eigenvalue weighted by molar-refractivity contribution is 0.0954. The number of hydrogen-bond donors (Lipinski definition) is 1. The molecule has 0 spiro atoms. The fraction of sp³-hybridized carbons (Fsp3) is 0.316. The van der Waals surface area contributed by atoms with Crippen LogP contribution >= 0.6 is 11.3 Å². The Bertz CT molecular complexity index is 864. The number of thiazole rings is 1. The maximum Gasteiger partial charge on any atom is 0.263 e. The topological polar surface area (TPSA) is 59.8 Å². The van der Waals surface area contributed by atoms with Crippen LogP contribution in [0.3, 0.4) is 0 Å². The summed E-state index contributed by atoms with van der Waals surface area (Å²) in [4.78, 5) is 17.6. The summed E-state index contributed by atoms with van der Waals surface area (Å²) in [6, 6.07) is 10.2. The Morgan fingerprint density at radius 3 is 2.64 bits per heavy atom. The summed E-state index contributed by atoms with van der Waals surface area (Å²) >= 11 is 1.50. The van der Waals surface area contributed by atoms with Gasteiger partial charge in [0.1, 0.15) is 4.88 Å². The fourth-order valence-corrected chi connectivity index (χ4v) is 3.78. The summed E-state index contributed by atoms with van der Waals surface area (Å²) < 4.78 is 1.84. The van der Waals surface area contributed by atoms with E-state index in [9.17, 15) is 4.79 Å². The van der Waals surface area contributed by atoms with Crippen LogP contribution in [0.1, 0.15) is 39.3 Å². The molecule has 0 aliphatic rings. The number of nitrogens with one attached hydrogen (secondary N) is 1. The van der Waals surface area contributed by atoms with Crippen molar-refractivity contribution in [2.75, 3.05) is 0 Å². The number of nitrogens with zero attached hydrogens (tertiary/aromatic N) is 3. The van der Waals surface area contributed by atoms with Crippen LogP contribution in [0.25, 0.3) is 11.3 Å². The minimum atomic E-state index is -0.0481. The third kappa shape index (κ3) is 3.96. The van der Waals surface area contributed by atoms with E-state index in [1.54, 1.807) is 6.20 Å². The van der Waals surface area contributed by atoms with Gasteiger partial charge in [0.2, 0.25) is 0 Å². The van der Waals surface area contributed by atoms with Crippen molar-refractivity contribution in [1.82, 2.24) is 20.1 Å². The van der Waals surface area contributed by atoms with E-state index in [0.717, 1.165) is 45.2 Å². The minimum Gasteiger partial charge on any atom is -0.347 e. The summed E-state index contributed by atoms with van der Waals surface area (Å²) in [5.41, 5.74) is 4.06. The summed E-state index contributed by atoms with van der Waals surface area (Å²) in [6.45, 7) is 4.52. The zero-order valence-electron chi connectivity index (χ0n) is 14.7. The van der Waals surface area contributed by atoms with Gasteiger partial charge in [-0.1, -0.05) is 31.2 Å². The number of carbonyl (C=O) groups is 1. The first kappa shape index (κ1) is 17.4. The van der Waals surface area contributed by atoms with Crippen LogP contribution in [0, 0.1) is 6.92 Å². The molecule has 0 saturated heterocycles. The Hall–Kier alpha value is -2.47. The quantitative estimate of drug-likeness (QED) is 0.734. The minimum absolute atomic E-state index is 0.0481. The first-order valence-electron chi connectivity index (χ1n) is 8.40. The number of rotatable bonds is 6. The molecule has 0 aliphatic carbocycles. The number of aryl methyl sites for hydroxylation is 3. The van der Waals surface area contributed by atoms with E-state index < -0.39 is 0 Å². The van der Waals surface area contributed by atoms with E-state index in [0.29, 0.717) is 6.54 Å². The number of benzene rings is 1. The highest BCUT2D eigenvalue weighted by Gasteiger charge is 2.14. The molecule has 130 valence electrons. The standard InChI is InChI=1S/C19H22N4OS/c1-4-5-17-22-13(2)18(25-17)19(24)20-12-14-6-8-15(9-7-14)16-10-11-21-23(16)3/h6-11H,4-5,12H2,1-3H3,(H,20,24).